The van der Waals surface area contributed by atoms with Crippen LogP contribution in [0, 0.1) is 34.0 Å². The van der Waals surface area contributed by atoms with E-state index < -0.39 is 71.3 Å². The summed E-state index contributed by atoms with van der Waals surface area (Å²) in [5, 5.41) is 18.8. The Kier molecular flexibility index (Phi) is 17.2. The summed E-state index contributed by atoms with van der Waals surface area (Å²) in [4.78, 5) is 95.6. The third kappa shape index (κ3) is 13.2. The van der Waals surface area contributed by atoms with E-state index in [-0.39, 0.29) is 48.3 Å². The molecule has 0 bridgehead atoms. The number of amides is 4. The van der Waals surface area contributed by atoms with E-state index in [2.05, 4.69) is 16.0 Å². The number of Topliss-reactive ketones (excluding diaryl/α,β-unsaturated/α-hetero) is 2. The molecular formula is C41H70N4O8. The Morgan fingerprint density at radius 3 is 1.89 bits per heavy atom. The van der Waals surface area contributed by atoms with Crippen molar-refractivity contribution in [3.05, 3.63) is 0 Å². The lowest BCUT2D eigenvalue weighted by atomic mass is 9.76. The highest BCUT2D eigenvalue weighted by atomic mass is 16.4. The van der Waals surface area contributed by atoms with E-state index in [1.54, 1.807) is 27.8 Å². The van der Waals surface area contributed by atoms with Crippen LogP contribution in [0.3, 0.4) is 0 Å². The largest absolute Gasteiger partial charge is 0.481 e. The number of rotatable bonds is 19. The van der Waals surface area contributed by atoms with Crippen molar-refractivity contribution in [2.75, 3.05) is 13.6 Å². The number of nitrogens with one attached hydrogen (secondary N) is 3. The highest BCUT2D eigenvalue weighted by Crippen LogP contribution is 2.42. The smallest absolute Gasteiger partial charge is 0.312 e. The van der Waals surface area contributed by atoms with Crippen molar-refractivity contribution >= 4 is 41.2 Å². The number of carboxylic acid groups (broad SMARTS) is 1. The summed E-state index contributed by atoms with van der Waals surface area (Å²) in [5.74, 6) is -4.87. The summed E-state index contributed by atoms with van der Waals surface area (Å²) in [7, 11) is 1.61. The van der Waals surface area contributed by atoms with Crippen LogP contribution in [-0.4, -0.2) is 82.9 Å². The number of carbonyl (C=O) groups excluding carboxylic acids is 6. The van der Waals surface area contributed by atoms with Crippen LogP contribution in [0.4, 0.5) is 0 Å². The van der Waals surface area contributed by atoms with Gasteiger partial charge in [-0.05, 0) is 42.9 Å². The maximum absolute atomic E-state index is 14.1. The van der Waals surface area contributed by atoms with Gasteiger partial charge in [0.1, 0.15) is 17.9 Å². The summed E-state index contributed by atoms with van der Waals surface area (Å²) in [6.07, 6.45) is 8.39. The number of ketones is 2. The zero-order valence-electron chi connectivity index (χ0n) is 34.3. The zero-order valence-corrected chi connectivity index (χ0v) is 34.3. The second kappa shape index (κ2) is 19.9. The second-order valence-corrected chi connectivity index (χ2v) is 18.2. The molecular weight excluding hydrogens is 676 g/mol. The lowest BCUT2D eigenvalue weighted by Crippen LogP contribution is -2.61. The van der Waals surface area contributed by atoms with Crippen molar-refractivity contribution in [3.8, 4) is 0 Å². The van der Waals surface area contributed by atoms with Gasteiger partial charge in [-0.15, -0.1) is 0 Å². The third-order valence-corrected chi connectivity index (χ3v) is 11.6. The van der Waals surface area contributed by atoms with Gasteiger partial charge in [-0.3, -0.25) is 33.6 Å². The van der Waals surface area contributed by atoms with Gasteiger partial charge in [-0.1, -0.05) is 107 Å². The summed E-state index contributed by atoms with van der Waals surface area (Å²) in [5.41, 5.74) is -2.71. The van der Waals surface area contributed by atoms with Gasteiger partial charge < -0.3 is 26.0 Å². The normalized spacial score (nSPS) is 18.7. The fourth-order valence-corrected chi connectivity index (χ4v) is 8.02. The van der Waals surface area contributed by atoms with Crippen LogP contribution in [0.5, 0.6) is 0 Å². The van der Waals surface area contributed by atoms with Crippen molar-refractivity contribution in [1.29, 1.82) is 0 Å². The molecule has 0 aliphatic heterocycles. The van der Waals surface area contributed by atoms with E-state index >= 15 is 0 Å². The Morgan fingerprint density at radius 1 is 0.811 bits per heavy atom. The van der Waals surface area contributed by atoms with Gasteiger partial charge in [0.25, 0.3) is 0 Å². The molecule has 0 saturated heterocycles. The van der Waals surface area contributed by atoms with Gasteiger partial charge in [0.15, 0.2) is 5.78 Å². The van der Waals surface area contributed by atoms with E-state index in [0.717, 1.165) is 19.3 Å². The second-order valence-electron chi connectivity index (χ2n) is 18.2. The van der Waals surface area contributed by atoms with Crippen molar-refractivity contribution in [3.63, 3.8) is 0 Å². The predicted molar refractivity (Wildman–Crippen MR) is 205 cm³/mol. The molecule has 4 amide bonds. The van der Waals surface area contributed by atoms with Crippen molar-refractivity contribution in [2.24, 2.45) is 34.0 Å². The van der Waals surface area contributed by atoms with E-state index in [0.29, 0.717) is 31.6 Å². The molecule has 302 valence electrons. The molecule has 0 heterocycles. The van der Waals surface area contributed by atoms with Crippen LogP contribution >= 0.6 is 0 Å². The molecule has 2 fully saturated rings. The summed E-state index contributed by atoms with van der Waals surface area (Å²) in [6.45, 7) is 16.2. The lowest BCUT2D eigenvalue weighted by molar-refractivity contribution is -0.155. The number of hydrogen-bond acceptors (Lipinski definition) is 7. The molecule has 12 heteroatoms. The molecule has 2 aliphatic carbocycles. The first-order valence-corrected chi connectivity index (χ1v) is 20.0. The molecule has 4 atom stereocenters. The molecule has 0 aromatic rings. The number of likely N-dealkylation sites (N-methyl/N-ethyl adjacent to an activating group) is 1. The Labute approximate surface area is 318 Å². The predicted octanol–water partition coefficient (Wildman–Crippen LogP) is 5.60. The van der Waals surface area contributed by atoms with Gasteiger partial charge in [0.2, 0.25) is 23.6 Å². The zero-order chi connectivity index (χ0) is 40.3. The monoisotopic (exact) mass is 747 g/mol. The van der Waals surface area contributed by atoms with Crippen molar-refractivity contribution in [2.45, 2.75) is 170 Å². The number of carboxylic acids is 1. The molecule has 4 N–H and O–H groups in total. The quantitative estimate of drug-likeness (QED) is 0.132. The summed E-state index contributed by atoms with van der Waals surface area (Å²) in [6, 6.07) is -2.53. The van der Waals surface area contributed by atoms with Crippen LogP contribution in [0.1, 0.15) is 152 Å². The van der Waals surface area contributed by atoms with Crippen LogP contribution in [0.25, 0.3) is 0 Å². The molecule has 0 aromatic carbocycles. The summed E-state index contributed by atoms with van der Waals surface area (Å²) < 4.78 is 0. The van der Waals surface area contributed by atoms with Crippen molar-refractivity contribution < 1.29 is 38.7 Å². The van der Waals surface area contributed by atoms with Crippen molar-refractivity contribution in [1.82, 2.24) is 20.9 Å². The highest BCUT2D eigenvalue weighted by Gasteiger charge is 2.53. The number of hydrogen-bond donors (Lipinski definition) is 4. The molecule has 2 saturated carbocycles. The van der Waals surface area contributed by atoms with Gasteiger partial charge in [-0.2, -0.15) is 0 Å². The molecule has 2 unspecified atom stereocenters. The van der Waals surface area contributed by atoms with E-state index in [4.69, 9.17) is 0 Å². The average molecular weight is 747 g/mol. The molecule has 0 spiro atoms. The van der Waals surface area contributed by atoms with Crippen LogP contribution in [0.2, 0.25) is 0 Å². The molecule has 2 rings (SSSR count). The van der Waals surface area contributed by atoms with E-state index in [1.807, 2.05) is 41.5 Å². The fourth-order valence-electron chi connectivity index (χ4n) is 8.02. The minimum atomic E-state index is -1.54. The number of carbonyl (C=O) groups is 7. The fraction of sp³-hybridized carbons (Fsp3) is 0.829. The van der Waals surface area contributed by atoms with Gasteiger partial charge in [0, 0.05) is 37.8 Å². The molecule has 2 aliphatic rings. The maximum atomic E-state index is 14.1. The first-order valence-electron chi connectivity index (χ1n) is 20.0. The number of nitrogens with zero attached hydrogens (tertiary/aromatic N) is 1. The lowest BCUT2D eigenvalue weighted by Gasteiger charge is -2.37. The Hall–Kier alpha value is -3.31. The Balaban J connectivity index is 2.26. The molecule has 12 nitrogen and oxygen atoms in total. The average Bonchev–Trinajstić information content (AvgIpc) is 3.57. The third-order valence-electron chi connectivity index (χ3n) is 11.6. The standard InChI is InChI=1S/C41H70N4O8/c1-11-30(39(4,5)6)43-37(51)34(41(38(52)53)21-15-16-22-41)44-35(49)28(24-31(47)40(7,8)9)23-29(46)25-42-36(50)33(26(2)3)45(10)32(48)20-19-27-17-13-12-14-18-27/h26-28,30,33-34H,11-25H2,1-10H3,(H,42,50)(H,43,51)(H,44,49)(H,52,53)/t28-,30?,33?,34+/m0/s1. The molecule has 53 heavy (non-hydrogen) atoms. The van der Waals surface area contributed by atoms with Crippen LogP contribution in [0.15, 0.2) is 0 Å². The van der Waals surface area contributed by atoms with E-state index in [9.17, 15) is 38.7 Å². The minimum Gasteiger partial charge on any atom is -0.481 e. The van der Waals surface area contributed by atoms with Gasteiger partial charge in [0.05, 0.1) is 17.9 Å². The van der Waals surface area contributed by atoms with Gasteiger partial charge >= 0.3 is 5.97 Å². The van der Waals surface area contributed by atoms with E-state index in [1.165, 1.54) is 24.2 Å². The highest BCUT2D eigenvalue weighted by molar-refractivity contribution is 5.98. The first kappa shape index (κ1) is 45.8. The molecule has 0 radical (unpaired) electrons. The van der Waals surface area contributed by atoms with Crippen LogP contribution < -0.4 is 16.0 Å². The Morgan fingerprint density at radius 2 is 1.40 bits per heavy atom. The summed E-state index contributed by atoms with van der Waals surface area (Å²) >= 11 is 0. The Bertz CT molecular complexity index is 1300. The topological polar surface area (TPSA) is 179 Å². The molecule has 0 aromatic heterocycles. The van der Waals surface area contributed by atoms with Crippen LogP contribution in [-0.2, 0) is 33.6 Å². The number of aliphatic carboxylic acids is 1. The SMILES string of the molecule is CCC(NC(=O)[C@@H](NC(=O)[C@@H](CC(=O)CNC(=O)C(C(C)C)N(C)C(=O)CCC1CCCCC1)CC(=O)C(C)(C)C)C1(C(=O)O)CCCC1)C(C)(C)C. The maximum Gasteiger partial charge on any atom is 0.312 e. The minimum absolute atomic E-state index is 0.124. The van der Waals surface area contributed by atoms with Gasteiger partial charge in [-0.25, -0.2) is 0 Å². The first-order chi connectivity index (χ1) is 24.5.